The molecule has 2 atom stereocenters. The molecule has 2 unspecified atom stereocenters. The van der Waals surface area contributed by atoms with Crippen molar-refractivity contribution < 1.29 is 4.74 Å². The van der Waals surface area contributed by atoms with Gasteiger partial charge in [-0.1, -0.05) is 41.9 Å². The molecule has 1 aliphatic heterocycles. The maximum atomic E-state index is 6.27. The molecule has 2 aromatic carbocycles. The van der Waals surface area contributed by atoms with Crippen LogP contribution < -0.4 is 10.1 Å². The topological polar surface area (TPSA) is 21.3 Å². The Kier molecular flexibility index (Phi) is 4.73. The van der Waals surface area contributed by atoms with Gasteiger partial charge in [-0.15, -0.1) is 11.8 Å². The standard InChI is InChI=1S/C17H18ClNOS/c1-19-14(10-12-6-2-3-7-13(12)18)16-11-21-17-9-5-4-8-15(17)20-16/h2-9,14,16,19H,10-11H2,1H3. The van der Waals surface area contributed by atoms with E-state index in [4.69, 9.17) is 16.3 Å². The minimum absolute atomic E-state index is 0.145. The SMILES string of the molecule is CNC(Cc1ccccc1Cl)C1CSc2ccccc2O1. The number of ether oxygens (including phenoxy) is 1. The maximum Gasteiger partial charge on any atom is 0.133 e. The molecule has 0 fully saturated rings. The molecule has 1 N–H and O–H groups in total. The van der Waals surface area contributed by atoms with Crippen LogP contribution in [0.2, 0.25) is 5.02 Å². The Morgan fingerprint density at radius 3 is 2.81 bits per heavy atom. The van der Waals surface area contributed by atoms with Gasteiger partial charge in [-0.05, 0) is 37.2 Å². The summed E-state index contributed by atoms with van der Waals surface area (Å²) in [5, 5.41) is 4.20. The number of benzene rings is 2. The summed E-state index contributed by atoms with van der Waals surface area (Å²) in [5.74, 6) is 1.94. The van der Waals surface area contributed by atoms with Crippen LogP contribution in [0.15, 0.2) is 53.4 Å². The zero-order valence-corrected chi connectivity index (χ0v) is 13.5. The number of nitrogens with one attached hydrogen (secondary N) is 1. The average molecular weight is 320 g/mol. The van der Waals surface area contributed by atoms with E-state index in [1.165, 1.54) is 4.90 Å². The van der Waals surface area contributed by atoms with Crippen LogP contribution >= 0.6 is 23.4 Å². The molecule has 0 radical (unpaired) electrons. The van der Waals surface area contributed by atoms with Crippen LogP contribution in [0.5, 0.6) is 5.75 Å². The lowest BCUT2D eigenvalue weighted by Crippen LogP contribution is -2.45. The minimum atomic E-state index is 0.145. The largest absolute Gasteiger partial charge is 0.487 e. The lowest BCUT2D eigenvalue weighted by Gasteiger charge is -2.32. The Balaban J connectivity index is 1.74. The normalized spacial score (nSPS) is 18.7. The first kappa shape index (κ1) is 14.8. The maximum absolute atomic E-state index is 6.27. The highest BCUT2D eigenvalue weighted by atomic mass is 35.5. The summed E-state index contributed by atoms with van der Waals surface area (Å²) >= 11 is 8.13. The zero-order valence-electron chi connectivity index (χ0n) is 11.9. The summed E-state index contributed by atoms with van der Waals surface area (Å²) in [6, 6.07) is 16.5. The van der Waals surface area contributed by atoms with Crippen molar-refractivity contribution in [2.45, 2.75) is 23.5 Å². The van der Waals surface area contributed by atoms with Crippen molar-refractivity contribution in [1.82, 2.24) is 5.32 Å². The van der Waals surface area contributed by atoms with Crippen LogP contribution in [0.25, 0.3) is 0 Å². The molecule has 3 rings (SSSR count). The Morgan fingerprint density at radius 1 is 1.24 bits per heavy atom. The number of likely N-dealkylation sites (N-methyl/N-ethyl adjacent to an activating group) is 1. The summed E-state index contributed by atoms with van der Waals surface area (Å²) in [5.41, 5.74) is 1.16. The van der Waals surface area contributed by atoms with E-state index in [1.807, 2.05) is 49.1 Å². The fourth-order valence-corrected chi connectivity index (χ4v) is 3.84. The second-order valence-corrected chi connectivity index (χ2v) is 6.57. The number of thioether (sulfide) groups is 1. The van der Waals surface area contributed by atoms with E-state index in [9.17, 15) is 0 Å². The smallest absolute Gasteiger partial charge is 0.133 e. The molecule has 0 saturated heterocycles. The van der Waals surface area contributed by atoms with Gasteiger partial charge in [0.2, 0.25) is 0 Å². The molecule has 1 aliphatic rings. The highest BCUT2D eigenvalue weighted by Crippen LogP contribution is 2.36. The second kappa shape index (κ2) is 6.73. The van der Waals surface area contributed by atoms with Gasteiger partial charge >= 0.3 is 0 Å². The van der Waals surface area contributed by atoms with E-state index < -0.39 is 0 Å². The molecular formula is C17H18ClNOS. The van der Waals surface area contributed by atoms with Crippen molar-refractivity contribution in [3.05, 3.63) is 59.1 Å². The predicted molar refractivity (Wildman–Crippen MR) is 89.6 cm³/mol. The van der Waals surface area contributed by atoms with Crippen LogP contribution in [-0.2, 0) is 6.42 Å². The summed E-state index contributed by atoms with van der Waals surface area (Å²) in [6.45, 7) is 0. The van der Waals surface area contributed by atoms with E-state index >= 15 is 0 Å². The monoisotopic (exact) mass is 319 g/mol. The number of fused-ring (bicyclic) bond motifs is 1. The summed E-state index contributed by atoms with van der Waals surface area (Å²) in [4.78, 5) is 1.22. The van der Waals surface area contributed by atoms with Gasteiger partial charge in [0.05, 0.1) is 0 Å². The van der Waals surface area contributed by atoms with Crippen molar-refractivity contribution in [3.8, 4) is 5.75 Å². The Labute approximate surface area is 134 Å². The minimum Gasteiger partial charge on any atom is -0.487 e. The predicted octanol–water partition coefficient (Wildman–Crippen LogP) is 4.02. The highest BCUT2D eigenvalue weighted by molar-refractivity contribution is 7.99. The fourth-order valence-electron chi connectivity index (χ4n) is 2.55. The molecule has 110 valence electrons. The molecule has 0 saturated carbocycles. The van der Waals surface area contributed by atoms with E-state index in [1.54, 1.807) is 0 Å². The molecule has 0 bridgehead atoms. The van der Waals surface area contributed by atoms with Crippen molar-refractivity contribution in [2.75, 3.05) is 12.8 Å². The average Bonchev–Trinajstić information content (AvgIpc) is 2.54. The van der Waals surface area contributed by atoms with Gasteiger partial charge in [-0.25, -0.2) is 0 Å². The molecule has 0 spiro atoms. The first-order valence-corrected chi connectivity index (χ1v) is 8.43. The van der Waals surface area contributed by atoms with E-state index in [0.717, 1.165) is 28.5 Å². The summed E-state index contributed by atoms with van der Waals surface area (Å²) in [6.07, 6.45) is 1.01. The molecule has 2 nitrogen and oxygen atoms in total. The molecular weight excluding hydrogens is 302 g/mol. The first-order chi connectivity index (χ1) is 10.3. The van der Waals surface area contributed by atoms with Gasteiger partial charge in [0.25, 0.3) is 0 Å². The molecule has 21 heavy (non-hydrogen) atoms. The molecule has 2 aromatic rings. The highest BCUT2D eigenvalue weighted by Gasteiger charge is 2.27. The van der Waals surface area contributed by atoms with Crippen LogP contribution in [0, 0.1) is 0 Å². The van der Waals surface area contributed by atoms with E-state index in [0.29, 0.717) is 0 Å². The van der Waals surface area contributed by atoms with Gasteiger partial charge < -0.3 is 10.1 Å². The van der Waals surface area contributed by atoms with Gasteiger partial charge in [-0.2, -0.15) is 0 Å². The van der Waals surface area contributed by atoms with Crippen molar-refractivity contribution in [1.29, 1.82) is 0 Å². The van der Waals surface area contributed by atoms with Crippen molar-refractivity contribution in [2.24, 2.45) is 0 Å². The molecule has 0 aromatic heterocycles. The molecule has 1 heterocycles. The lowest BCUT2D eigenvalue weighted by atomic mass is 10.0. The van der Waals surface area contributed by atoms with Crippen LogP contribution in [0.1, 0.15) is 5.56 Å². The number of hydrogen-bond acceptors (Lipinski definition) is 3. The fraction of sp³-hybridized carbons (Fsp3) is 0.294. The van der Waals surface area contributed by atoms with Crippen LogP contribution in [0.4, 0.5) is 0 Å². The van der Waals surface area contributed by atoms with Gasteiger partial charge in [0.1, 0.15) is 11.9 Å². The Morgan fingerprint density at radius 2 is 2.00 bits per heavy atom. The number of rotatable bonds is 4. The third-order valence-electron chi connectivity index (χ3n) is 3.75. The Bertz CT molecular complexity index is 619. The molecule has 0 aliphatic carbocycles. The third-order valence-corrected chi connectivity index (χ3v) is 5.26. The second-order valence-electron chi connectivity index (χ2n) is 5.10. The van der Waals surface area contributed by atoms with Crippen molar-refractivity contribution in [3.63, 3.8) is 0 Å². The van der Waals surface area contributed by atoms with E-state index in [-0.39, 0.29) is 12.1 Å². The van der Waals surface area contributed by atoms with Gasteiger partial charge in [0, 0.05) is 21.7 Å². The summed E-state index contributed by atoms with van der Waals surface area (Å²) < 4.78 is 6.17. The van der Waals surface area contributed by atoms with Gasteiger partial charge in [0.15, 0.2) is 0 Å². The summed E-state index contributed by atoms with van der Waals surface area (Å²) in [7, 11) is 1.98. The van der Waals surface area contributed by atoms with E-state index in [2.05, 4.69) is 23.5 Å². The first-order valence-electron chi connectivity index (χ1n) is 7.07. The zero-order chi connectivity index (χ0) is 14.7. The van der Waals surface area contributed by atoms with Gasteiger partial charge in [-0.3, -0.25) is 0 Å². The Hall–Kier alpha value is -1.16. The third kappa shape index (κ3) is 3.37. The van der Waals surface area contributed by atoms with Crippen LogP contribution in [0.3, 0.4) is 0 Å². The molecule has 0 amide bonds. The number of halogens is 1. The van der Waals surface area contributed by atoms with Crippen LogP contribution in [-0.4, -0.2) is 24.9 Å². The van der Waals surface area contributed by atoms with Crippen molar-refractivity contribution >= 4 is 23.4 Å². The lowest BCUT2D eigenvalue weighted by molar-refractivity contribution is 0.169. The number of para-hydroxylation sites is 1. The molecule has 4 heteroatoms. The number of hydrogen-bond donors (Lipinski definition) is 1. The quantitative estimate of drug-likeness (QED) is 0.919.